The fourth-order valence-electron chi connectivity index (χ4n) is 1.64. The minimum absolute atomic E-state index is 0.0450. The number of aryl methyl sites for hydroxylation is 2. The highest BCUT2D eigenvalue weighted by Gasteiger charge is 2.14. The summed E-state index contributed by atoms with van der Waals surface area (Å²) in [5, 5.41) is 7.17. The predicted molar refractivity (Wildman–Crippen MR) is 69.4 cm³/mol. The van der Waals surface area contributed by atoms with Crippen LogP contribution in [0.1, 0.15) is 36.3 Å². The van der Waals surface area contributed by atoms with Gasteiger partial charge in [-0.1, -0.05) is 13.8 Å². The number of halogens is 1. The summed E-state index contributed by atoms with van der Waals surface area (Å²) in [6, 6.07) is 0. The van der Waals surface area contributed by atoms with E-state index in [0.717, 1.165) is 18.5 Å². The third kappa shape index (κ3) is 4.04. The minimum atomic E-state index is -0.0450. The van der Waals surface area contributed by atoms with Crippen LogP contribution < -0.4 is 5.32 Å². The zero-order chi connectivity index (χ0) is 12.8. The van der Waals surface area contributed by atoms with E-state index in [1.165, 1.54) is 0 Å². The van der Waals surface area contributed by atoms with Gasteiger partial charge in [0, 0.05) is 25.7 Å². The zero-order valence-electron chi connectivity index (χ0n) is 10.7. The Labute approximate surface area is 107 Å². The smallest absolute Gasteiger partial charge is 0.254 e. The predicted octanol–water partition coefficient (Wildman–Crippen LogP) is 1.98. The van der Waals surface area contributed by atoms with E-state index in [1.807, 2.05) is 14.0 Å². The molecule has 1 amide bonds. The molecule has 0 aliphatic rings. The van der Waals surface area contributed by atoms with Gasteiger partial charge in [-0.05, 0) is 18.8 Å². The quantitative estimate of drug-likeness (QED) is 0.792. The number of nitrogens with one attached hydrogen (secondary N) is 1. The van der Waals surface area contributed by atoms with E-state index < -0.39 is 0 Å². The van der Waals surface area contributed by atoms with E-state index in [4.69, 9.17) is 11.6 Å². The standard InChI is InChI=1S/C12H20ClN3O/c1-4-11-10(8-16(3)15-11)12(17)14-7-9(2)5-6-13/h8-9H,4-7H2,1-3H3,(H,14,17). The molecule has 0 aliphatic heterocycles. The third-order valence-electron chi connectivity index (χ3n) is 2.70. The second-order valence-corrected chi connectivity index (χ2v) is 4.69. The van der Waals surface area contributed by atoms with Crippen molar-refractivity contribution in [2.75, 3.05) is 12.4 Å². The first-order valence-electron chi connectivity index (χ1n) is 5.95. The molecule has 5 heteroatoms. The van der Waals surface area contributed by atoms with Crippen LogP contribution in [-0.2, 0) is 13.5 Å². The summed E-state index contributed by atoms with van der Waals surface area (Å²) < 4.78 is 1.68. The zero-order valence-corrected chi connectivity index (χ0v) is 11.4. The van der Waals surface area contributed by atoms with Crippen LogP contribution in [0.4, 0.5) is 0 Å². The summed E-state index contributed by atoms with van der Waals surface area (Å²) in [7, 11) is 1.83. The first-order valence-corrected chi connectivity index (χ1v) is 6.48. The molecule has 0 bridgehead atoms. The van der Waals surface area contributed by atoms with Crippen LogP contribution in [0.3, 0.4) is 0 Å². The highest BCUT2D eigenvalue weighted by molar-refractivity contribution is 6.17. The molecule has 1 atom stereocenters. The van der Waals surface area contributed by atoms with Crippen molar-refractivity contribution in [2.45, 2.75) is 26.7 Å². The van der Waals surface area contributed by atoms with Gasteiger partial charge in [-0.2, -0.15) is 5.10 Å². The van der Waals surface area contributed by atoms with E-state index in [-0.39, 0.29) is 5.91 Å². The Kier molecular flexibility index (Phi) is 5.48. The second kappa shape index (κ2) is 6.64. The molecule has 1 heterocycles. The highest BCUT2D eigenvalue weighted by Crippen LogP contribution is 2.08. The van der Waals surface area contributed by atoms with Crippen molar-refractivity contribution < 1.29 is 4.79 Å². The number of nitrogens with zero attached hydrogens (tertiary/aromatic N) is 2. The summed E-state index contributed by atoms with van der Waals surface area (Å²) >= 11 is 5.65. The minimum Gasteiger partial charge on any atom is -0.352 e. The molecule has 1 rings (SSSR count). The molecule has 96 valence electrons. The molecule has 1 N–H and O–H groups in total. The van der Waals surface area contributed by atoms with Crippen molar-refractivity contribution in [3.8, 4) is 0 Å². The lowest BCUT2D eigenvalue weighted by molar-refractivity contribution is 0.0947. The van der Waals surface area contributed by atoms with Crippen molar-refractivity contribution >= 4 is 17.5 Å². The highest BCUT2D eigenvalue weighted by atomic mass is 35.5. The molecule has 0 aromatic carbocycles. The molecule has 17 heavy (non-hydrogen) atoms. The van der Waals surface area contributed by atoms with Crippen molar-refractivity contribution in [3.05, 3.63) is 17.5 Å². The van der Waals surface area contributed by atoms with Gasteiger partial charge in [-0.25, -0.2) is 0 Å². The molecule has 0 saturated heterocycles. The van der Waals surface area contributed by atoms with Gasteiger partial charge >= 0.3 is 0 Å². The summed E-state index contributed by atoms with van der Waals surface area (Å²) in [6.07, 6.45) is 3.44. The van der Waals surface area contributed by atoms with Gasteiger partial charge in [0.25, 0.3) is 5.91 Å². The fourth-order valence-corrected chi connectivity index (χ4v) is 2.01. The maximum absolute atomic E-state index is 11.9. The molecular weight excluding hydrogens is 238 g/mol. The number of rotatable bonds is 6. The monoisotopic (exact) mass is 257 g/mol. The Hall–Kier alpha value is -1.03. The lowest BCUT2D eigenvalue weighted by Gasteiger charge is -2.10. The molecule has 1 aromatic heterocycles. The van der Waals surface area contributed by atoms with E-state index >= 15 is 0 Å². The van der Waals surface area contributed by atoms with Gasteiger partial charge in [0.15, 0.2) is 0 Å². The van der Waals surface area contributed by atoms with Gasteiger partial charge < -0.3 is 5.32 Å². The van der Waals surface area contributed by atoms with Crippen LogP contribution in [0.25, 0.3) is 0 Å². The fraction of sp³-hybridized carbons (Fsp3) is 0.667. The Morgan fingerprint density at radius 1 is 1.65 bits per heavy atom. The lowest BCUT2D eigenvalue weighted by atomic mass is 10.1. The summed E-state index contributed by atoms with van der Waals surface area (Å²) in [4.78, 5) is 11.9. The number of carbonyl (C=O) groups is 1. The SMILES string of the molecule is CCc1nn(C)cc1C(=O)NCC(C)CCCl. The molecule has 1 aromatic rings. The number of alkyl halides is 1. The molecule has 0 spiro atoms. The molecule has 0 aliphatic carbocycles. The van der Waals surface area contributed by atoms with Gasteiger partial charge in [-0.15, -0.1) is 11.6 Å². The number of carbonyl (C=O) groups excluding carboxylic acids is 1. The maximum atomic E-state index is 11.9. The molecule has 0 saturated carbocycles. The Bertz CT molecular complexity index is 376. The van der Waals surface area contributed by atoms with Crippen LogP contribution in [0.15, 0.2) is 6.20 Å². The lowest BCUT2D eigenvalue weighted by Crippen LogP contribution is -2.28. The van der Waals surface area contributed by atoms with Crippen LogP contribution in [0, 0.1) is 5.92 Å². The molecule has 0 radical (unpaired) electrons. The molecule has 4 nitrogen and oxygen atoms in total. The van der Waals surface area contributed by atoms with Gasteiger partial charge in [-0.3, -0.25) is 9.48 Å². The topological polar surface area (TPSA) is 46.9 Å². The second-order valence-electron chi connectivity index (χ2n) is 4.31. The van der Waals surface area contributed by atoms with Crippen LogP contribution in [0.5, 0.6) is 0 Å². The number of amides is 1. The normalized spacial score (nSPS) is 12.5. The van der Waals surface area contributed by atoms with Gasteiger partial charge in [0.05, 0.1) is 11.3 Å². The largest absolute Gasteiger partial charge is 0.352 e. The summed E-state index contributed by atoms with van der Waals surface area (Å²) in [5.74, 6) is 0.985. The average Bonchev–Trinajstić information content (AvgIpc) is 2.68. The third-order valence-corrected chi connectivity index (χ3v) is 2.92. The number of hydrogen-bond acceptors (Lipinski definition) is 2. The van der Waals surface area contributed by atoms with Gasteiger partial charge in [0.2, 0.25) is 0 Å². The first kappa shape index (κ1) is 14.0. The van der Waals surface area contributed by atoms with Crippen molar-refractivity contribution in [1.29, 1.82) is 0 Å². The molecular formula is C12H20ClN3O. The van der Waals surface area contributed by atoms with Crippen LogP contribution >= 0.6 is 11.6 Å². The average molecular weight is 258 g/mol. The maximum Gasteiger partial charge on any atom is 0.254 e. The van der Waals surface area contributed by atoms with Gasteiger partial charge in [0.1, 0.15) is 0 Å². The van der Waals surface area contributed by atoms with E-state index in [2.05, 4.69) is 17.3 Å². The van der Waals surface area contributed by atoms with E-state index in [0.29, 0.717) is 23.9 Å². The van der Waals surface area contributed by atoms with E-state index in [9.17, 15) is 4.79 Å². The van der Waals surface area contributed by atoms with Crippen molar-refractivity contribution in [3.63, 3.8) is 0 Å². The summed E-state index contributed by atoms with van der Waals surface area (Å²) in [6.45, 7) is 4.73. The Balaban J connectivity index is 2.57. The van der Waals surface area contributed by atoms with Crippen molar-refractivity contribution in [1.82, 2.24) is 15.1 Å². The van der Waals surface area contributed by atoms with Crippen LogP contribution in [0.2, 0.25) is 0 Å². The number of aromatic nitrogens is 2. The van der Waals surface area contributed by atoms with Crippen LogP contribution in [-0.4, -0.2) is 28.1 Å². The van der Waals surface area contributed by atoms with Crippen molar-refractivity contribution in [2.24, 2.45) is 13.0 Å². The first-order chi connectivity index (χ1) is 8.08. The molecule has 0 fully saturated rings. The molecule has 1 unspecified atom stereocenters. The Morgan fingerprint density at radius 3 is 2.94 bits per heavy atom. The van der Waals surface area contributed by atoms with E-state index in [1.54, 1.807) is 10.9 Å². The number of hydrogen-bond donors (Lipinski definition) is 1. The Morgan fingerprint density at radius 2 is 2.35 bits per heavy atom. The summed E-state index contributed by atoms with van der Waals surface area (Å²) in [5.41, 5.74) is 1.52.